The van der Waals surface area contributed by atoms with Gasteiger partial charge in [0, 0.05) is 26.1 Å². The summed E-state index contributed by atoms with van der Waals surface area (Å²) in [7, 11) is 1.93. The number of rotatable bonds is 3. The number of hydrogen-bond acceptors (Lipinski definition) is 2. The standard InChI is InChI=1S/C18H32N2O2/c1-19(16-11-7-3-2-4-8-12-16)18(22)15-20-14-10-6-5-9-13-17(20)21/h16H,2-15H2,1H3. The molecule has 0 aromatic carbocycles. The molecule has 2 rings (SSSR count). The van der Waals surface area contributed by atoms with Crippen LogP contribution in [0.3, 0.4) is 0 Å². The van der Waals surface area contributed by atoms with Gasteiger partial charge >= 0.3 is 0 Å². The predicted molar refractivity (Wildman–Crippen MR) is 88.5 cm³/mol. The number of amides is 2. The minimum atomic E-state index is 0.125. The fourth-order valence-corrected chi connectivity index (χ4v) is 3.68. The van der Waals surface area contributed by atoms with E-state index in [1.54, 1.807) is 4.90 Å². The molecule has 1 heterocycles. The molecule has 2 aliphatic rings. The molecular formula is C18H32N2O2. The van der Waals surface area contributed by atoms with Gasteiger partial charge in [-0.1, -0.05) is 44.9 Å². The maximum Gasteiger partial charge on any atom is 0.242 e. The van der Waals surface area contributed by atoms with Gasteiger partial charge in [-0.15, -0.1) is 0 Å². The van der Waals surface area contributed by atoms with Crippen molar-refractivity contribution < 1.29 is 9.59 Å². The lowest BCUT2D eigenvalue weighted by Crippen LogP contribution is -2.45. The summed E-state index contributed by atoms with van der Waals surface area (Å²) in [5.41, 5.74) is 0. The Bertz CT molecular complexity index is 362. The fraction of sp³-hybridized carbons (Fsp3) is 0.889. The van der Waals surface area contributed by atoms with Crippen LogP contribution in [0.1, 0.15) is 77.0 Å². The molecule has 1 saturated carbocycles. The van der Waals surface area contributed by atoms with Crippen LogP contribution in [0.2, 0.25) is 0 Å². The van der Waals surface area contributed by atoms with Gasteiger partial charge in [0.2, 0.25) is 11.8 Å². The monoisotopic (exact) mass is 308 g/mol. The zero-order valence-corrected chi connectivity index (χ0v) is 14.2. The molecule has 2 amide bonds. The van der Waals surface area contributed by atoms with E-state index in [1.165, 1.54) is 38.5 Å². The quantitative estimate of drug-likeness (QED) is 0.802. The summed E-state index contributed by atoms with van der Waals surface area (Å²) >= 11 is 0. The number of likely N-dealkylation sites (N-methyl/N-ethyl adjacent to an activating group) is 1. The highest BCUT2D eigenvalue weighted by molar-refractivity contribution is 5.84. The second-order valence-corrected chi connectivity index (χ2v) is 6.98. The molecule has 0 aromatic heterocycles. The maximum atomic E-state index is 12.6. The average molecular weight is 308 g/mol. The van der Waals surface area contributed by atoms with Crippen LogP contribution in [-0.4, -0.2) is 47.8 Å². The average Bonchev–Trinajstić information content (AvgIpc) is 2.46. The molecule has 0 bridgehead atoms. The lowest BCUT2D eigenvalue weighted by Gasteiger charge is -2.32. The Balaban J connectivity index is 1.86. The molecule has 0 spiro atoms. The third kappa shape index (κ3) is 5.29. The number of nitrogens with zero attached hydrogens (tertiary/aromatic N) is 2. The number of likely N-dealkylation sites (tertiary alicyclic amines) is 1. The molecule has 0 atom stereocenters. The number of carbonyl (C=O) groups is 2. The molecule has 126 valence electrons. The first kappa shape index (κ1) is 17.3. The molecule has 4 nitrogen and oxygen atoms in total. The summed E-state index contributed by atoms with van der Waals surface area (Å²) in [6, 6.07) is 0.373. The smallest absolute Gasteiger partial charge is 0.242 e. The van der Waals surface area contributed by atoms with Crippen LogP contribution >= 0.6 is 0 Å². The summed E-state index contributed by atoms with van der Waals surface area (Å²) < 4.78 is 0. The number of hydrogen-bond donors (Lipinski definition) is 0. The summed E-state index contributed by atoms with van der Waals surface area (Å²) in [6.45, 7) is 1.04. The minimum absolute atomic E-state index is 0.125. The highest BCUT2D eigenvalue weighted by Gasteiger charge is 2.24. The van der Waals surface area contributed by atoms with Gasteiger partial charge in [-0.05, 0) is 25.7 Å². The Hall–Kier alpha value is -1.06. The van der Waals surface area contributed by atoms with Crippen LogP contribution in [0.5, 0.6) is 0 Å². The molecule has 22 heavy (non-hydrogen) atoms. The van der Waals surface area contributed by atoms with Crippen molar-refractivity contribution in [1.29, 1.82) is 0 Å². The van der Waals surface area contributed by atoms with Gasteiger partial charge in [0.25, 0.3) is 0 Å². The molecule has 2 fully saturated rings. The SMILES string of the molecule is CN(C(=O)CN1CCCCCCC1=O)C1CCCCCCC1. The summed E-state index contributed by atoms with van der Waals surface area (Å²) in [5, 5.41) is 0. The lowest BCUT2D eigenvalue weighted by atomic mass is 9.96. The van der Waals surface area contributed by atoms with E-state index in [4.69, 9.17) is 0 Å². The summed E-state index contributed by atoms with van der Waals surface area (Å²) in [4.78, 5) is 28.5. The molecule has 0 unspecified atom stereocenters. The first-order valence-corrected chi connectivity index (χ1v) is 9.22. The van der Waals surface area contributed by atoms with Crippen molar-refractivity contribution >= 4 is 11.8 Å². The minimum Gasteiger partial charge on any atom is -0.341 e. The van der Waals surface area contributed by atoms with Gasteiger partial charge in [-0.25, -0.2) is 0 Å². The Morgan fingerprint density at radius 1 is 1.00 bits per heavy atom. The van der Waals surface area contributed by atoms with Crippen LogP contribution in [0.25, 0.3) is 0 Å². The zero-order chi connectivity index (χ0) is 15.8. The molecule has 0 N–H and O–H groups in total. The highest BCUT2D eigenvalue weighted by Crippen LogP contribution is 2.21. The van der Waals surface area contributed by atoms with Gasteiger partial charge in [-0.3, -0.25) is 9.59 Å². The van der Waals surface area contributed by atoms with E-state index >= 15 is 0 Å². The van der Waals surface area contributed by atoms with Crippen molar-refractivity contribution in [2.45, 2.75) is 83.1 Å². The van der Waals surface area contributed by atoms with Gasteiger partial charge in [0.15, 0.2) is 0 Å². The van der Waals surface area contributed by atoms with E-state index in [9.17, 15) is 9.59 Å². The lowest BCUT2D eigenvalue weighted by molar-refractivity contribution is -0.141. The Morgan fingerprint density at radius 3 is 2.32 bits per heavy atom. The van der Waals surface area contributed by atoms with Crippen LogP contribution in [0.15, 0.2) is 0 Å². The first-order chi connectivity index (χ1) is 10.7. The molecule has 4 heteroatoms. The van der Waals surface area contributed by atoms with E-state index in [-0.39, 0.29) is 18.4 Å². The van der Waals surface area contributed by atoms with Crippen LogP contribution < -0.4 is 0 Å². The molecule has 0 aromatic rings. The van der Waals surface area contributed by atoms with E-state index in [0.29, 0.717) is 12.5 Å². The highest BCUT2D eigenvalue weighted by atomic mass is 16.2. The van der Waals surface area contributed by atoms with Crippen LogP contribution in [-0.2, 0) is 9.59 Å². The summed E-state index contributed by atoms with van der Waals surface area (Å²) in [6.07, 6.45) is 13.6. The maximum absolute atomic E-state index is 12.6. The van der Waals surface area contributed by atoms with Crippen LogP contribution in [0, 0.1) is 0 Å². The largest absolute Gasteiger partial charge is 0.341 e. The number of carbonyl (C=O) groups excluding carboxylic acids is 2. The van der Waals surface area contributed by atoms with Crippen molar-refractivity contribution in [3.63, 3.8) is 0 Å². The fourth-order valence-electron chi connectivity index (χ4n) is 3.68. The molecule has 1 aliphatic heterocycles. The van der Waals surface area contributed by atoms with Crippen molar-refractivity contribution in [3.05, 3.63) is 0 Å². The molecular weight excluding hydrogens is 276 g/mol. The van der Waals surface area contributed by atoms with Gasteiger partial charge in [0.05, 0.1) is 6.54 Å². The second-order valence-electron chi connectivity index (χ2n) is 6.98. The Labute approximate surface area is 135 Å². The van der Waals surface area contributed by atoms with Crippen molar-refractivity contribution in [2.24, 2.45) is 0 Å². The van der Waals surface area contributed by atoms with Crippen LogP contribution in [0.4, 0.5) is 0 Å². The van der Waals surface area contributed by atoms with Crippen molar-refractivity contribution in [2.75, 3.05) is 20.1 Å². The van der Waals surface area contributed by atoms with E-state index < -0.39 is 0 Å². The van der Waals surface area contributed by atoms with Gasteiger partial charge in [-0.2, -0.15) is 0 Å². The normalized spacial score (nSPS) is 22.4. The van der Waals surface area contributed by atoms with Gasteiger partial charge in [0.1, 0.15) is 0 Å². The van der Waals surface area contributed by atoms with E-state index in [1.807, 2.05) is 11.9 Å². The molecule has 1 saturated heterocycles. The predicted octanol–water partition coefficient (Wildman–Crippen LogP) is 3.35. The third-order valence-electron chi connectivity index (χ3n) is 5.26. The Kier molecular flexibility index (Phi) is 7.20. The molecule has 1 aliphatic carbocycles. The topological polar surface area (TPSA) is 40.6 Å². The zero-order valence-electron chi connectivity index (χ0n) is 14.2. The van der Waals surface area contributed by atoms with Crippen molar-refractivity contribution in [1.82, 2.24) is 9.80 Å². The second kappa shape index (κ2) is 9.16. The Morgan fingerprint density at radius 2 is 1.59 bits per heavy atom. The van der Waals surface area contributed by atoms with E-state index in [2.05, 4.69) is 0 Å². The molecule has 0 radical (unpaired) electrons. The van der Waals surface area contributed by atoms with Crippen molar-refractivity contribution in [3.8, 4) is 0 Å². The van der Waals surface area contributed by atoms with Gasteiger partial charge < -0.3 is 9.80 Å². The third-order valence-corrected chi connectivity index (χ3v) is 5.26. The van der Waals surface area contributed by atoms with E-state index in [0.717, 1.165) is 38.6 Å². The summed E-state index contributed by atoms with van der Waals surface area (Å²) in [5.74, 6) is 0.290. The first-order valence-electron chi connectivity index (χ1n) is 9.22.